The van der Waals surface area contributed by atoms with Gasteiger partial charge < -0.3 is 5.11 Å². The maximum Gasteiger partial charge on any atom is 0.0431 e. The second-order valence-electron chi connectivity index (χ2n) is 4.68. The van der Waals surface area contributed by atoms with Crippen LogP contribution in [0.1, 0.15) is 44.1 Å². The Hall–Kier alpha value is -0.820. The normalized spacial score (nSPS) is 19.3. The van der Waals surface area contributed by atoms with Gasteiger partial charge in [0.2, 0.25) is 0 Å². The molecule has 1 aliphatic carbocycles. The van der Waals surface area contributed by atoms with Crippen LogP contribution in [0.3, 0.4) is 0 Å². The first-order valence-corrected chi connectivity index (χ1v) is 6.04. The second kappa shape index (κ2) is 4.80. The van der Waals surface area contributed by atoms with E-state index in [1.807, 2.05) is 0 Å². The Morgan fingerprint density at radius 3 is 2.33 bits per heavy atom. The zero-order valence-electron chi connectivity index (χ0n) is 9.28. The largest absolute Gasteiger partial charge is 0.396 e. The number of hydrogen-bond acceptors (Lipinski definition) is 1. The predicted molar refractivity (Wildman–Crippen MR) is 62.9 cm³/mol. The van der Waals surface area contributed by atoms with Gasteiger partial charge in [-0.15, -0.1) is 0 Å². The van der Waals surface area contributed by atoms with Crippen molar-refractivity contribution in [3.05, 3.63) is 35.9 Å². The van der Waals surface area contributed by atoms with Crippen molar-refractivity contribution in [2.45, 2.75) is 43.9 Å². The first-order valence-electron chi connectivity index (χ1n) is 6.04. The summed E-state index contributed by atoms with van der Waals surface area (Å²) in [5.41, 5.74) is 1.86. The van der Waals surface area contributed by atoms with E-state index < -0.39 is 0 Å². The lowest BCUT2D eigenvalue weighted by Crippen LogP contribution is -2.22. The number of aliphatic hydroxyl groups is 1. The molecule has 0 unspecified atom stereocenters. The van der Waals surface area contributed by atoms with Crippen LogP contribution < -0.4 is 0 Å². The Labute approximate surface area is 92.1 Å². The molecule has 0 saturated heterocycles. The first-order chi connectivity index (χ1) is 7.37. The molecule has 0 amide bonds. The van der Waals surface area contributed by atoms with Crippen molar-refractivity contribution in [2.24, 2.45) is 0 Å². The van der Waals surface area contributed by atoms with Gasteiger partial charge in [-0.05, 0) is 36.7 Å². The number of rotatable bonds is 4. The lowest BCUT2D eigenvalue weighted by Gasteiger charge is -2.29. The maximum atomic E-state index is 8.99. The summed E-state index contributed by atoms with van der Waals surface area (Å²) in [6, 6.07) is 10.9. The van der Waals surface area contributed by atoms with Crippen LogP contribution >= 0.6 is 0 Å². The smallest absolute Gasteiger partial charge is 0.0431 e. The van der Waals surface area contributed by atoms with Crippen LogP contribution in [-0.2, 0) is 5.41 Å². The molecule has 1 saturated carbocycles. The van der Waals surface area contributed by atoms with Gasteiger partial charge in [0.1, 0.15) is 0 Å². The summed E-state index contributed by atoms with van der Waals surface area (Å²) in [5, 5.41) is 8.99. The van der Waals surface area contributed by atoms with Crippen LogP contribution in [0, 0.1) is 0 Å². The molecule has 1 N–H and O–H groups in total. The minimum atomic E-state index is 0.328. The van der Waals surface area contributed by atoms with Crippen molar-refractivity contribution in [2.75, 3.05) is 6.61 Å². The van der Waals surface area contributed by atoms with Crippen LogP contribution in [0.2, 0.25) is 0 Å². The van der Waals surface area contributed by atoms with E-state index in [4.69, 9.17) is 5.11 Å². The van der Waals surface area contributed by atoms with E-state index in [1.54, 1.807) is 0 Å². The molecule has 0 heterocycles. The fraction of sp³-hybridized carbons (Fsp3) is 0.571. The number of benzene rings is 1. The topological polar surface area (TPSA) is 20.2 Å². The van der Waals surface area contributed by atoms with Crippen molar-refractivity contribution >= 4 is 0 Å². The van der Waals surface area contributed by atoms with Crippen LogP contribution in [0.5, 0.6) is 0 Å². The molecule has 0 radical (unpaired) electrons. The summed E-state index contributed by atoms with van der Waals surface area (Å²) in [6.45, 7) is 0.328. The lowest BCUT2D eigenvalue weighted by atomic mass is 9.75. The van der Waals surface area contributed by atoms with Crippen LogP contribution in [-0.4, -0.2) is 11.7 Å². The Morgan fingerprint density at radius 2 is 1.73 bits per heavy atom. The van der Waals surface area contributed by atoms with Gasteiger partial charge in [-0.1, -0.05) is 43.2 Å². The molecule has 0 bridgehead atoms. The highest BCUT2D eigenvalue weighted by Gasteiger charge is 2.34. The van der Waals surface area contributed by atoms with Gasteiger partial charge in [-0.3, -0.25) is 0 Å². The molecule has 1 heteroatoms. The van der Waals surface area contributed by atoms with E-state index in [9.17, 15) is 0 Å². The third-order valence-electron chi connectivity index (χ3n) is 3.76. The fourth-order valence-electron chi connectivity index (χ4n) is 2.94. The highest BCUT2D eigenvalue weighted by atomic mass is 16.2. The fourth-order valence-corrected chi connectivity index (χ4v) is 2.94. The summed E-state index contributed by atoms with van der Waals surface area (Å²) < 4.78 is 0. The highest BCUT2D eigenvalue weighted by Crippen LogP contribution is 2.44. The van der Waals surface area contributed by atoms with Gasteiger partial charge in [-0.2, -0.15) is 0 Å². The predicted octanol–water partition coefficient (Wildman–Crippen LogP) is 3.27. The van der Waals surface area contributed by atoms with E-state index in [1.165, 1.54) is 31.2 Å². The number of aliphatic hydroxyl groups excluding tert-OH is 1. The van der Waals surface area contributed by atoms with Crippen molar-refractivity contribution in [3.8, 4) is 0 Å². The van der Waals surface area contributed by atoms with Gasteiger partial charge in [0.25, 0.3) is 0 Å². The van der Waals surface area contributed by atoms with Crippen LogP contribution in [0.4, 0.5) is 0 Å². The van der Waals surface area contributed by atoms with Crippen LogP contribution in [0.15, 0.2) is 30.3 Å². The zero-order chi connectivity index (χ0) is 10.6. The third kappa shape index (κ3) is 2.23. The Balaban J connectivity index is 2.19. The molecule has 0 spiro atoms. The summed E-state index contributed by atoms with van der Waals surface area (Å²) in [7, 11) is 0. The molecule has 15 heavy (non-hydrogen) atoms. The van der Waals surface area contributed by atoms with Gasteiger partial charge in [0.15, 0.2) is 0 Å². The molecule has 0 aromatic heterocycles. The molecular weight excluding hydrogens is 184 g/mol. The molecule has 1 aromatic carbocycles. The molecule has 0 atom stereocenters. The summed E-state index contributed by atoms with van der Waals surface area (Å²) in [5.74, 6) is 0. The van der Waals surface area contributed by atoms with E-state index >= 15 is 0 Å². The molecular formula is C14H20O. The number of hydrogen-bond donors (Lipinski definition) is 1. The van der Waals surface area contributed by atoms with Crippen molar-refractivity contribution in [1.29, 1.82) is 0 Å². The monoisotopic (exact) mass is 204 g/mol. The quantitative estimate of drug-likeness (QED) is 0.798. The van der Waals surface area contributed by atoms with Crippen molar-refractivity contribution in [1.82, 2.24) is 0 Å². The van der Waals surface area contributed by atoms with E-state index in [0.29, 0.717) is 12.0 Å². The average molecular weight is 204 g/mol. The molecule has 82 valence electrons. The summed E-state index contributed by atoms with van der Waals surface area (Å²) in [6.07, 6.45) is 7.39. The molecule has 1 aromatic rings. The van der Waals surface area contributed by atoms with Crippen molar-refractivity contribution in [3.63, 3.8) is 0 Å². The van der Waals surface area contributed by atoms with Gasteiger partial charge in [0, 0.05) is 6.61 Å². The van der Waals surface area contributed by atoms with Crippen LogP contribution in [0.25, 0.3) is 0 Å². The minimum Gasteiger partial charge on any atom is -0.396 e. The van der Waals surface area contributed by atoms with E-state index in [0.717, 1.165) is 12.8 Å². The third-order valence-corrected chi connectivity index (χ3v) is 3.76. The van der Waals surface area contributed by atoms with Gasteiger partial charge in [-0.25, -0.2) is 0 Å². The molecule has 1 aliphatic rings. The summed E-state index contributed by atoms with van der Waals surface area (Å²) >= 11 is 0. The first kappa shape index (κ1) is 10.7. The second-order valence-corrected chi connectivity index (χ2v) is 4.68. The Kier molecular flexibility index (Phi) is 3.42. The standard InChI is InChI=1S/C14H20O/c15-12-6-11-14(9-4-5-10-14)13-7-2-1-3-8-13/h1-3,7-8,15H,4-6,9-12H2. The molecule has 0 aliphatic heterocycles. The van der Waals surface area contributed by atoms with Gasteiger partial charge in [0.05, 0.1) is 0 Å². The molecule has 1 fully saturated rings. The Morgan fingerprint density at radius 1 is 1.07 bits per heavy atom. The minimum absolute atomic E-state index is 0.328. The van der Waals surface area contributed by atoms with Gasteiger partial charge >= 0.3 is 0 Å². The van der Waals surface area contributed by atoms with Crippen molar-refractivity contribution < 1.29 is 5.11 Å². The Bertz CT molecular complexity index is 285. The maximum absolute atomic E-state index is 8.99. The molecule has 2 rings (SSSR count). The van der Waals surface area contributed by atoms with E-state index in [-0.39, 0.29) is 0 Å². The zero-order valence-corrected chi connectivity index (χ0v) is 9.28. The van der Waals surface area contributed by atoms with E-state index in [2.05, 4.69) is 30.3 Å². The summed E-state index contributed by atoms with van der Waals surface area (Å²) in [4.78, 5) is 0. The lowest BCUT2D eigenvalue weighted by molar-refractivity contribution is 0.260. The highest BCUT2D eigenvalue weighted by molar-refractivity contribution is 5.26. The molecule has 1 nitrogen and oxygen atoms in total. The SMILES string of the molecule is OCCCC1(c2ccccc2)CCCC1. The average Bonchev–Trinajstić information content (AvgIpc) is 2.78.